The number of carbonyl (C=O) groups excluding carboxylic acids is 2. The van der Waals surface area contributed by atoms with Crippen LogP contribution in [0, 0.1) is 11.8 Å². The molecular formula is C20H17N3O3. The fraction of sp³-hybridized carbons (Fsp3) is 0.100. The van der Waals surface area contributed by atoms with E-state index in [2.05, 4.69) is 22.1 Å². The number of benzene rings is 2. The van der Waals surface area contributed by atoms with E-state index in [1.165, 1.54) is 0 Å². The molecule has 3 aromatic rings. The number of amides is 2. The van der Waals surface area contributed by atoms with Crippen molar-refractivity contribution in [3.05, 3.63) is 65.9 Å². The highest BCUT2D eigenvalue weighted by Crippen LogP contribution is 2.16. The third-order valence-electron chi connectivity index (χ3n) is 3.69. The van der Waals surface area contributed by atoms with E-state index in [0.29, 0.717) is 17.0 Å². The number of nitrogens with two attached hydrogens (primary N) is 1. The summed E-state index contributed by atoms with van der Waals surface area (Å²) in [5, 5.41) is 3.69. The Bertz CT molecular complexity index is 979. The Morgan fingerprint density at radius 1 is 1.08 bits per heavy atom. The molecule has 26 heavy (non-hydrogen) atoms. The van der Waals surface area contributed by atoms with E-state index in [1.54, 1.807) is 30.3 Å². The van der Waals surface area contributed by atoms with E-state index in [1.807, 2.05) is 24.3 Å². The van der Waals surface area contributed by atoms with Crippen LogP contribution in [0.15, 0.2) is 54.6 Å². The van der Waals surface area contributed by atoms with Gasteiger partial charge in [-0.25, -0.2) is 0 Å². The van der Waals surface area contributed by atoms with E-state index < -0.39 is 5.91 Å². The van der Waals surface area contributed by atoms with Crippen molar-refractivity contribution in [3.63, 3.8) is 0 Å². The molecule has 6 heteroatoms. The van der Waals surface area contributed by atoms with Gasteiger partial charge in [0, 0.05) is 10.9 Å². The summed E-state index contributed by atoms with van der Waals surface area (Å²) in [5.41, 5.74) is 6.98. The highest BCUT2D eigenvalue weighted by Gasteiger charge is 2.08. The number of primary amides is 1. The lowest BCUT2D eigenvalue weighted by Gasteiger charge is -2.05. The Morgan fingerprint density at radius 2 is 1.85 bits per heavy atom. The van der Waals surface area contributed by atoms with E-state index in [4.69, 9.17) is 10.5 Å². The number of rotatable bonds is 5. The van der Waals surface area contributed by atoms with Gasteiger partial charge in [-0.15, -0.1) is 0 Å². The number of ether oxygens (including phenoxy) is 1. The molecule has 0 unspecified atom stereocenters. The molecule has 1 heterocycles. The maximum Gasteiger partial charge on any atom is 0.268 e. The van der Waals surface area contributed by atoms with E-state index in [9.17, 15) is 9.59 Å². The smallest absolute Gasteiger partial charge is 0.268 e. The topological polar surface area (TPSA) is 97.2 Å². The first kappa shape index (κ1) is 17.1. The van der Waals surface area contributed by atoms with Crippen LogP contribution in [0.3, 0.4) is 0 Å². The zero-order valence-corrected chi connectivity index (χ0v) is 13.9. The van der Waals surface area contributed by atoms with Gasteiger partial charge >= 0.3 is 0 Å². The third kappa shape index (κ3) is 4.02. The van der Waals surface area contributed by atoms with Crippen molar-refractivity contribution >= 4 is 22.7 Å². The average molecular weight is 347 g/mol. The summed E-state index contributed by atoms with van der Waals surface area (Å²) in [6, 6.07) is 16.2. The second-order valence-electron chi connectivity index (χ2n) is 5.46. The van der Waals surface area contributed by atoms with Crippen molar-refractivity contribution in [1.29, 1.82) is 0 Å². The van der Waals surface area contributed by atoms with Crippen molar-refractivity contribution in [1.82, 2.24) is 10.3 Å². The minimum Gasteiger partial charge on any atom is -0.480 e. The van der Waals surface area contributed by atoms with Crippen LogP contribution < -0.4 is 15.8 Å². The fourth-order valence-electron chi connectivity index (χ4n) is 2.44. The minimum atomic E-state index is -0.556. The van der Waals surface area contributed by atoms with Crippen LogP contribution in [0.4, 0.5) is 0 Å². The molecule has 0 spiro atoms. The van der Waals surface area contributed by atoms with Crippen molar-refractivity contribution in [3.8, 4) is 17.6 Å². The zero-order valence-electron chi connectivity index (χ0n) is 13.9. The summed E-state index contributed by atoms with van der Waals surface area (Å²) < 4.78 is 5.44. The Balaban J connectivity index is 1.50. The minimum absolute atomic E-state index is 0.0898. The monoisotopic (exact) mass is 347 g/mol. The molecule has 0 saturated carbocycles. The Kier molecular flexibility index (Phi) is 5.20. The predicted octanol–water partition coefficient (Wildman–Crippen LogP) is 2.08. The lowest BCUT2D eigenvalue weighted by Crippen LogP contribution is -2.23. The Morgan fingerprint density at radius 3 is 2.65 bits per heavy atom. The summed E-state index contributed by atoms with van der Waals surface area (Å²) in [4.78, 5) is 26.4. The van der Waals surface area contributed by atoms with Crippen molar-refractivity contribution in [2.45, 2.75) is 0 Å². The normalized spacial score (nSPS) is 10.0. The number of aromatic nitrogens is 1. The van der Waals surface area contributed by atoms with E-state index in [-0.39, 0.29) is 19.1 Å². The van der Waals surface area contributed by atoms with Crippen molar-refractivity contribution in [2.75, 3.05) is 13.2 Å². The third-order valence-corrected chi connectivity index (χ3v) is 3.69. The van der Waals surface area contributed by atoms with Crippen LogP contribution in [-0.4, -0.2) is 29.9 Å². The highest BCUT2D eigenvalue weighted by atomic mass is 16.5. The molecular weight excluding hydrogens is 330 g/mol. The molecule has 0 aliphatic carbocycles. The van der Waals surface area contributed by atoms with Gasteiger partial charge in [0.1, 0.15) is 18.1 Å². The largest absolute Gasteiger partial charge is 0.480 e. The van der Waals surface area contributed by atoms with Crippen LogP contribution >= 0.6 is 0 Å². The SMILES string of the molecule is NC(=O)c1ccccc1OCC#CCNC(=O)c1cc2ccccc2[nH]1. The van der Waals surface area contributed by atoms with Crippen molar-refractivity contribution in [2.24, 2.45) is 5.73 Å². The molecule has 0 bridgehead atoms. The molecule has 0 saturated heterocycles. The van der Waals surface area contributed by atoms with Crippen LogP contribution in [-0.2, 0) is 0 Å². The number of hydrogen-bond acceptors (Lipinski definition) is 3. The maximum atomic E-state index is 12.1. The summed E-state index contributed by atoms with van der Waals surface area (Å²) in [6.07, 6.45) is 0. The summed E-state index contributed by atoms with van der Waals surface area (Å²) in [5.74, 6) is 5.19. The van der Waals surface area contributed by atoms with Gasteiger partial charge in [-0.1, -0.05) is 42.2 Å². The molecule has 6 nitrogen and oxygen atoms in total. The van der Waals surface area contributed by atoms with Gasteiger partial charge in [-0.3, -0.25) is 9.59 Å². The number of nitrogens with one attached hydrogen (secondary N) is 2. The zero-order chi connectivity index (χ0) is 18.4. The fourth-order valence-corrected chi connectivity index (χ4v) is 2.44. The number of aromatic amines is 1. The number of H-pyrrole nitrogens is 1. The average Bonchev–Trinajstić information content (AvgIpc) is 3.09. The molecule has 0 aliphatic rings. The maximum absolute atomic E-state index is 12.1. The van der Waals surface area contributed by atoms with Crippen molar-refractivity contribution < 1.29 is 14.3 Å². The first-order valence-corrected chi connectivity index (χ1v) is 7.98. The van der Waals surface area contributed by atoms with Crippen LogP contribution in [0.25, 0.3) is 10.9 Å². The van der Waals surface area contributed by atoms with Gasteiger partial charge < -0.3 is 20.8 Å². The summed E-state index contributed by atoms with van der Waals surface area (Å²) in [6.45, 7) is 0.279. The second kappa shape index (κ2) is 7.90. The van der Waals surface area contributed by atoms with Gasteiger partial charge in [-0.2, -0.15) is 0 Å². The standard InChI is InChI=1S/C20H17N3O3/c21-19(24)15-8-2-4-10-18(15)26-12-6-5-11-22-20(25)17-13-14-7-1-3-9-16(14)23-17/h1-4,7-10,13,23H,11-12H2,(H2,21,24)(H,22,25). The van der Waals surface area contributed by atoms with Gasteiger partial charge in [0.25, 0.3) is 11.8 Å². The van der Waals surface area contributed by atoms with Gasteiger partial charge in [-0.05, 0) is 24.3 Å². The number of carbonyl (C=O) groups is 2. The van der Waals surface area contributed by atoms with Gasteiger partial charge in [0.15, 0.2) is 0 Å². The number of para-hydroxylation sites is 2. The van der Waals surface area contributed by atoms with E-state index in [0.717, 1.165) is 10.9 Å². The van der Waals surface area contributed by atoms with Crippen LogP contribution in [0.1, 0.15) is 20.8 Å². The lowest BCUT2D eigenvalue weighted by atomic mass is 10.2. The first-order valence-electron chi connectivity index (χ1n) is 7.98. The molecule has 0 fully saturated rings. The quantitative estimate of drug-likeness (QED) is 0.616. The molecule has 0 aliphatic heterocycles. The molecule has 1 aromatic heterocycles. The molecule has 4 N–H and O–H groups in total. The van der Waals surface area contributed by atoms with Gasteiger partial charge in [0.05, 0.1) is 12.1 Å². The van der Waals surface area contributed by atoms with Gasteiger partial charge in [0.2, 0.25) is 0 Å². The molecule has 130 valence electrons. The Hall–Kier alpha value is -3.72. The van der Waals surface area contributed by atoms with Crippen LogP contribution in [0.2, 0.25) is 0 Å². The van der Waals surface area contributed by atoms with Crippen LogP contribution in [0.5, 0.6) is 5.75 Å². The molecule has 0 radical (unpaired) electrons. The summed E-state index contributed by atoms with van der Waals surface area (Å²) in [7, 11) is 0. The highest BCUT2D eigenvalue weighted by molar-refractivity contribution is 5.98. The first-order chi connectivity index (χ1) is 12.6. The van der Waals surface area contributed by atoms with E-state index >= 15 is 0 Å². The number of hydrogen-bond donors (Lipinski definition) is 3. The predicted molar refractivity (Wildman–Crippen MR) is 98.9 cm³/mol. The number of fused-ring (bicyclic) bond motifs is 1. The molecule has 2 amide bonds. The molecule has 2 aromatic carbocycles. The lowest BCUT2D eigenvalue weighted by molar-refractivity contribution is 0.0953. The second-order valence-corrected chi connectivity index (χ2v) is 5.46. The molecule has 3 rings (SSSR count). The Labute approximate surface area is 150 Å². The molecule has 0 atom stereocenters. The summed E-state index contributed by atoms with van der Waals surface area (Å²) >= 11 is 0.